The molecule has 0 unspecified atom stereocenters. The second-order valence-corrected chi connectivity index (χ2v) is 12.1. The van der Waals surface area contributed by atoms with Crippen molar-refractivity contribution in [1.29, 1.82) is 0 Å². The minimum absolute atomic E-state index is 0.0457. The lowest BCUT2D eigenvalue weighted by Crippen LogP contribution is -2.56. The molecule has 2 aromatic rings. The molecule has 10 heteroatoms. The summed E-state index contributed by atoms with van der Waals surface area (Å²) in [6, 6.07) is 8.46. The van der Waals surface area contributed by atoms with Gasteiger partial charge in [-0.2, -0.15) is 13.2 Å². The number of amides is 2. The summed E-state index contributed by atoms with van der Waals surface area (Å²) >= 11 is 12.5. The Morgan fingerprint density at radius 1 is 0.975 bits per heavy atom. The number of anilines is 1. The topological polar surface area (TPSA) is 43.9 Å². The molecule has 0 aromatic heterocycles. The molecule has 0 bridgehead atoms. The Hall–Kier alpha value is -2.45. The van der Waals surface area contributed by atoms with Crippen LogP contribution >= 0.6 is 23.2 Å². The molecule has 2 saturated heterocycles. The Labute approximate surface area is 244 Å². The van der Waals surface area contributed by atoms with Crippen LogP contribution in [-0.4, -0.2) is 60.4 Å². The van der Waals surface area contributed by atoms with Gasteiger partial charge < -0.3 is 14.7 Å². The lowest BCUT2D eigenvalue weighted by atomic mass is 9.89. The summed E-state index contributed by atoms with van der Waals surface area (Å²) in [4.78, 5) is 32.0. The SMILES string of the molecule is CC(C)C[C@H](C)c1cc(C(F)(F)F)ccc1N1CCN(C(=O)[C@@H](Cc2ccc(Cl)cc2Cl)N2CCCC2=O)CC1. The molecular weight excluding hydrogens is 562 g/mol. The molecule has 0 N–H and O–H groups in total. The van der Waals surface area contributed by atoms with Gasteiger partial charge in [-0.1, -0.05) is 50.0 Å². The summed E-state index contributed by atoms with van der Waals surface area (Å²) < 4.78 is 40.6. The molecule has 0 radical (unpaired) electrons. The van der Waals surface area contributed by atoms with Gasteiger partial charge in [0.05, 0.1) is 5.56 Å². The maximum absolute atomic E-state index is 13.8. The van der Waals surface area contributed by atoms with Crippen LogP contribution in [0.5, 0.6) is 0 Å². The number of alkyl halides is 3. The Bertz CT molecular complexity index is 1230. The van der Waals surface area contributed by atoms with Crippen molar-refractivity contribution in [2.75, 3.05) is 37.6 Å². The van der Waals surface area contributed by atoms with Crippen LogP contribution in [-0.2, 0) is 22.2 Å². The van der Waals surface area contributed by atoms with E-state index < -0.39 is 17.8 Å². The van der Waals surface area contributed by atoms with Crippen molar-refractivity contribution in [3.63, 3.8) is 0 Å². The first-order valence-electron chi connectivity index (χ1n) is 13.8. The molecule has 2 amide bonds. The standard InChI is InChI=1S/C30H36Cl2F3N3O2/c1-19(2)15-20(3)24-17-22(30(33,34)35)7-9-26(24)36-11-13-37(14-12-36)29(40)27(38-10-4-5-28(38)39)16-21-6-8-23(31)18-25(21)32/h6-9,17-20,27H,4-5,10-16H2,1-3H3/t20-,27+/m0/s1. The molecule has 2 aromatic carbocycles. The normalized spacial score (nSPS) is 18.0. The number of halogens is 5. The van der Waals surface area contributed by atoms with Gasteiger partial charge in [0.1, 0.15) is 6.04 Å². The predicted octanol–water partition coefficient (Wildman–Crippen LogP) is 7.04. The summed E-state index contributed by atoms with van der Waals surface area (Å²) in [5, 5.41) is 0.947. The molecule has 2 heterocycles. The van der Waals surface area contributed by atoms with Crippen molar-refractivity contribution in [3.8, 4) is 0 Å². The van der Waals surface area contributed by atoms with E-state index in [4.69, 9.17) is 23.2 Å². The van der Waals surface area contributed by atoms with Crippen molar-refractivity contribution in [2.24, 2.45) is 5.92 Å². The van der Waals surface area contributed by atoms with Crippen molar-refractivity contribution in [1.82, 2.24) is 9.80 Å². The number of piperazine rings is 1. The summed E-state index contributed by atoms with van der Waals surface area (Å²) in [5.41, 5.74) is 1.57. The van der Waals surface area contributed by atoms with Crippen molar-refractivity contribution >= 4 is 40.7 Å². The van der Waals surface area contributed by atoms with Crippen LogP contribution in [0.3, 0.4) is 0 Å². The van der Waals surface area contributed by atoms with E-state index in [0.717, 1.165) is 23.7 Å². The monoisotopic (exact) mass is 597 g/mol. The van der Waals surface area contributed by atoms with E-state index in [1.165, 1.54) is 6.07 Å². The number of carbonyl (C=O) groups excluding carboxylic acids is 2. The van der Waals surface area contributed by atoms with Gasteiger partial charge in [0.15, 0.2) is 0 Å². The van der Waals surface area contributed by atoms with Gasteiger partial charge in [0.25, 0.3) is 0 Å². The van der Waals surface area contributed by atoms with Crippen molar-refractivity contribution in [2.45, 2.75) is 64.6 Å². The number of rotatable bonds is 8. The first kappa shape index (κ1) is 30.5. The van der Waals surface area contributed by atoms with Gasteiger partial charge in [0, 0.05) is 61.3 Å². The van der Waals surface area contributed by atoms with Crippen LogP contribution in [0.25, 0.3) is 0 Å². The minimum Gasteiger partial charge on any atom is -0.368 e. The summed E-state index contributed by atoms with van der Waals surface area (Å²) in [7, 11) is 0. The summed E-state index contributed by atoms with van der Waals surface area (Å²) in [5.74, 6) is 0.107. The number of hydrogen-bond donors (Lipinski definition) is 0. The minimum atomic E-state index is -4.41. The third-order valence-electron chi connectivity index (χ3n) is 7.84. The number of carbonyl (C=O) groups is 2. The zero-order valence-electron chi connectivity index (χ0n) is 23.1. The molecule has 2 aliphatic heterocycles. The number of nitrogens with zero attached hydrogens (tertiary/aromatic N) is 3. The molecule has 2 aliphatic rings. The molecule has 40 heavy (non-hydrogen) atoms. The smallest absolute Gasteiger partial charge is 0.368 e. The molecule has 0 saturated carbocycles. The highest BCUT2D eigenvalue weighted by molar-refractivity contribution is 6.35. The number of likely N-dealkylation sites (tertiary alicyclic amines) is 1. The highest BCUT2D eigenvalue weighted by Crippen LogP contribution is 2.38. The first-order valence-corrected chi connectivity index (χ1v) is 14.6. The fourth-order valence-electron chi connectivity index (χ4n) is 5.85. The fraction of sp³-hybridized carbons (Fsp3) is 0.533. The van der Waals surface area contributed by atoms with Crippen molar-refractivity contribution < 1.29 is 22.8 Å². The molecule has 5 nitrogen and oxygen atoms in total. The quantitative estimate of drug-likeness (QED) is 0.328. The zero-order chi connectivity index (χ0) is 29.2. The van der Waals surface area contributed by atoms with E-state index in [2.05, 4.69) is 18.7 Å². The lowest BCUT2D eigenvalue weighted by molar-refractivity contribution is -0.143. The average molecular weight is 599 g/mol. The van der Waals surface area contributed by atoms with E-state index in [0.29, 0.717) is 67.1 Å². The maximum Gasteiger partial charge on any atom is 0.416 e. The molecular formula is C30H36Cl2F3N3O2. The second kappa shape index (κ2) is 12.6. The maximum atomic E-state index is 13.8. The Balaban J connectivity index is 1.53. The van der Waals surface area contributed by atoms with Gasteiger partial charge in [-0.25, -0.2) is 0 Å². The van der Waals surface area contributed by atoms with Gasteiger partial charge in [-0.3, -0.25) is 9.59 Å². The van der Waals surface area contributed by atoms with Gasteiger partial charge in [0.2, 0.25) is 11.8 Å². The number of hydrogen-bond acceptors (Lipinski definition) is 3. The van der Waals surface area contributed by atoms with Crippen LogP contribution in [0, 0.1) is 5.92 Å². The third-order valence-corrected chi connectivity index (χ3v) is 8.43. The second-order valence-electron chi connectivity index (χ2n) is 11.3. The van der Waals surface area contributed by atoms with E-state index in [1.807, 2.05) is 6.92 Å². The predicted molar refractivity (Wildman–Crippen MR) is 153 cm³/mol. The number of benzene rings is 2. The zero-order valence-corrected chi connectivity index (χ0v) is 24.6. The molecule has 218 valence electrons. The highest BCUT2D eigenvalue weighted by atomic mass is 35.5. The Morgan fingerprint density at radius 2 is 1.68 bits per heavy atom. The van der Waals surface area contributed by atoms with Crippen LogP contribution in [0.1, 0.15) is 62.6 Å². The van der Waals surface area contributed by atoms with Crippen LogP contribution in [0.4, 0.5) is 18.9 Å². The molecule has 2 atom stereocenters. The molecule has 4 rings (SSSR count). The van der Waals surface area contributed by atoms with E-state index in [1.54, 1.807) is 34.1 Å². The van der Waals surface area contributed by atoms with E-state index in [-0.39, 0.29) is 24.2 Å². The third kappa shape index (κ3) is 7.06. The van der Waals surface area contributed by atoms with Gasteiger partial charge in [-0.15, -0.1) is 0 Å². The van der Waals surface area contributed by atoms with Gasteiger partial charge in [-0.05, 0) is 66.1 Å². The van der Waals surface area contributed by atoms with Gasteiger partial charge >= 0.3 is 6.18 Å². The van der Waals surface area contributed by atoms with E-state index in [9.17, 15) is 22.8 Å². The van der Waals surface area contributed by atoms with E-state index >= 15 is 0 Å². The fourth-order valence-corrected chi connectivity index (χ4v) is 6.34. The Kier molecular flexibility index (Phi) is 9.61. The average Bonchev–Trinajstić information content (AvgIpc) is 3.32. The van der Waals surface area contributed by atoms with Crippen LogP contribution < -0.4 is 4.90 Å². The van der Waals surface area contributed by atoms with Crippen molar-refractivity contribution in [3.05, 3.63) is 63.1 Å². The summed E-state index contributed by atoms with van der Waals surface area (Å²) in [6.07, 6.45) is -2.24. The lowest BCUT2D eigenvalue weighted by Gasteiger charge is -2.40. The van der Waals surface area contributed by atoms with Crippen LogP contribution in [0.15, 0.2) is 36.4 Å². The molecule has 0 aliphatic carbocycles. The van der Waals surface area contributed by atoms with Crippen LogP contribution in [0.2, 0.25) is 10.0 Å². The summed E-state index contributed by atoms with van der Waals surface area (Å²) in [6.45, 7) is 8.40. The Morgan fingerprint density at radius 3 is 2.25 bits per heavy atom. The first-order chi connectivity index (χ1) is 18.8. The largest absolute Gasteiger partial charge is 0.416 e. The molecule has 0 spiro atoms. The molecule has 2 fully saturated rings. The highest BCUT2D eigenvalue weighted by Gasteiger charge is 2.37.